The number of carbonyl (C=O) groups excluding carboxylic acids is 1. The molecule has 1 fully saturated rings. The lowest BCUT2D eigenvalue weighted by molar-refractivity contribution is -0.125. The van der Waals surface area contributed by atoms with Gasteiger partial charge in [0.15, 0.2) is 0 Å². The molecule has 2 aromatic heterocycles. The molecule has 0 aromatic carbocycles. The number of aryl methyl sites for hydroxylation is 2. The molecule has 1 aliphatic rings. The molecule has 24 heavy (non-hydrogen) atoms. The lowest BCUT2D eigenvalue weighted by Crippen LogP contribution is -2.44. The van der Waals surface area contributed by atoms with E-state index in [1.54, 1.807) is 6.26 Å². The summed E-state index contributed by atoms with van der Waals surface area (Å²) in [5.41, 5.74) is 1.92. The molecule has 1 amide bonds. The van der Waals surface area contributed by atoms with Gasteiger partial charge in [0.1, 0.15) is 5.76 Å². The van der Waals surface area contributed by atoms with Gasteiger partial charge in [0, 0.05) is 37.4 Å². The van der Waals surface area contributed by atoms with E-state index in [4.69, 9.17) is 4.42 Å². The Labute approximate surface area is 142 Å². The van der Waals surface area contributed by atoms with Gasteiger partial charge >= 0.3 is 0 Å². The van der Waals surface area contributed by atoms with Crippen molar-refractivity contribution in [3.8, 4) is 0 Å². The Kier molecular flexibility index (Phi) is 5.13. The van der Waals surface area contributed by atoms with Gasteiger partial charge in [-0.1, -0.05) is 0 Å². The van der Waals surface area contributed by atoms with Gasteiger partial charge in [-0.15, -0.1) is 0 Å². The highest BCUT2D eigenvalue weighted by Crippen LogP contribution is 2.21. The van der Waals surface area contributed by atoms with Crippen LogP contribution in [0.1, 0.15) is 30.0 Å². The van der Waals surface area contributed by atoms with E-state index in [1.165, 1.54) is 0 Å². The van der Waals surface area contributed by atoms with Crippen molar-refractivity contribution in [3.05, 3.63) is 41.6 Å². The summed E-state index contributed by atoms with van der Waals surface area (Å²) in [6, 6.07) is 5.75. The highest BCUT2D eigenvalue weighted by molar-refractivity contribution is 5.79. The van der Waals surface area contributed by atoms with Crippen LogP contribution in [0.5, 0.6) is 0 Å². The van der Waals surface area contributed by atoms with Crippen LogP contribution in [0.15, 0.2) is 28.9 Å². The average molecular weight is 328 g/mol. The molecule has 6 heteroatoms. The van der Waals surface area contributed by atoms with Gasteiger partial charge in [-0.3, -0.25) is 4.79 Å². The van der Waals surface area contributed by atoms with Gasteiger partial charge in [-0.05, 0) is 44.9 Å². The second kappa shape index (κ2) is 7.47. The summed E-state index contributed by atoms with van der Waals surface area (Å²) in [5, 5.41) is 3.02. The van der Waals surface area contributed by atoms with Crippen molar-refractivity contribution in [3.63, 3.8) is 0 Å². The van der Waals surface area contributed by atoms with Gasteiger partial charge in [0.05, 0.1) is 12.2 Å². The van der Waals surface area contributed by atoms with E-state index < -0.39 is 0 Å². The van der Waals surface area contributed by atoms with E-state index in [2.05, 4.69) is 20.2 Å². The first-order chi connectivity index (χ1) is 11.6. The predicted octanol–water partition coefficient (Wildman–Crippen LogP) is 2.26. The van der Waals surface area contributed by atoms with Crippen LogP contribution in [0.4, 0.5) is 5.95 Å². The minimum atomic E-state index is -0.0141. The van der Waals surface area contributed by atoms with E-state index in [1.807, 2.05) is 32.0 Å². The van der Waals surface area contributed by atoms with Crippen LogP contribution in [0, 0.1) is 19.8 Å². The third-order valence-electron chi connectivity index (χ3n) is 4.30. The zero-order valence-corrected chi connectivity index (χ0v) is 14.3. The number of carbonyl (C=O) groups is 1. The summed E-state index contributed by atoms with van der Waals surface area (Å²) in [4.78, 5) is 23.6. The van der Waals surface area contributed by atoms with Gasteiger partial charge in [0.2, 0.25) is 11.9 Å². The number of aromatic nitrogens is 2. The maximum absolute atomic E-state index is 12.4. The zero-order chi connectivity index (χ0) is 16.9. The summed E-state index contributed by atoms with van der Waals surface area (Å²) >= 11 is 0. The molecule has 1 atom stereocenters. The normalized spacial score (nSPS) is 17.8. The van der Waals surface area contributed by atoms with Gasteiger partial charge < -0.3 is 14.6 Å². The minimum absolute atomic E-state index is 0.0141. The molecular formula is C18H24N4O2. The number of nitrogens with one attached hydrogen (secondary N) is 1. The summed E-state index contributed by atoms with van der Waals surface area (Å²) < 4.78 is 5.28. The summed E-state index contributed by atoms with van der Waals surface area (Å²) in [6.07, 6.45) is 4.26. The van der Waals surface area contributed by atoms with Crippen LogP contribution in [0.25, 0.3) is 0 Å². The van der Waals surface area contributed by atoms with E-state index in [-0.39, 0.29) is 11.8 Å². The number of piperidine rings is 1. The first-order valence-corrected chi connectivity index (χ1v) is 8.49. The van der Waals surface area contributed by atoms with Crippen LogP contribution >= 0.6 is 0 Å². The van der Waals surface area contributed by atoms with E-state index in [0.29, 0.717) is 13.1 Å². The maximum atomic E-state index is 12.4. The van der Waals surface area contributed by atoms with Crippen LogP contribution < -0.4 is 10.2 Å². The predicted molar refractivity (Wildman–Crippen MR) is 91.9 cm³/mol. The van der Waals surface area contributed by atoms with E-state index in [9.17, 15) is 4.79 Å². The lowest BCUT2D eigenvalue weighted by Gasteiger charge is -2.32. The molecule has 3 rings (SSSR count). The molecule has 0 spiro atoms. The van der Waals surface area contributed by atoms with Crippen molar-refractivity contribution in [2.24, 2.45) is 5.92 Å². The summed E-state index contributed by atoms with van der Waals surface area (Å²) in [6.45, 7) is 6.12. The van der Waals surface area contributed by atoms with Crippen molar-refractivity contribution in [1.29, 1.82) is 0 Å². The first-order valence-electron chi connectivity index (χ1n) is 8.49. The summed E-state index contributed by atoms with van der Waals surface area (Å²) in [7, 11) is 0. The SMILES string of the molecule is Cc1cc(C)nc(N2CCC[C@@H](C(=O)NCCc3ccco3)C2)n1. The number of hydrogen-bond acceptors (Lipinski definition) is 5. The van der Waals surface area contributed by atoms with Crippen LogP contribution in [0.2, 0.25) is 0 Å². The first kappa shape index (κ1) is 16.5. The molecule has 0 saturated carbocycles. The molecule has 0 radical (unpaired) electrons. The fourth-order valence-corrected chi connectivity index (χ4v) is 3.13. The Bertz CT molecular complexity index is 664. The molecule has 3 heterocycles. The van der Waals surface area contributed by atoms with Crippen molar-refractivity contribution in [1.82, 2.24) is 15.3 Å². The molecule has 0 aliphatic carbocycles. The number of furan rings is 1. The number of rotatable bonds is 5. The molecule has 6 nitrogen and oxygen atoms in total. The molecule has 2 aromatic rings. The van der Waals surface area contributed by atoms with Crippen molar-refractivity contribution >= 4 is 11.9 Å². The minimum Gasteiger partial charge on any atom is -0.469 e. The zero-order valence-electron chi connectivity index (χ0n) is 14.3. The number of hydrogen-bond donors (Lipinski definition) is 1. The Hall–Kier alpha value is -2.37. The topological polar surface area (TPSA) is 71.3 Å². The molecule has 1 saturated heterocycles. The Morgan fingerprint density at radius 1 is 1.38 bits per heavy atom. The van der Waals surface area contributed by atoms with Crippen LogP contribution in [0.3, 0.4) is 0 Å². The van der Waals surface area contributed by atoms with Crippen LogP contribution in [-0.4, -0.2) is 35.5 Å². The van der Waals surface area contributed by atoms with Crippen LogP contribution in [-0.2, 0) is 11.2 Å². The Morgan fingerprint density at radius 2 is 2.17 bits per heavy atom. The number of anilines is 1. The summed E-state index contributed by atoms with van der Waals surface area (Å²) in [5.74, 6) is 1.72. The molecule has 0 bridgehead atoms. The van der Waals surface area contributed by atoms with E-state index in [0.717, 1.165) is 48.9 Å². The standard InChI is InChI=1S/C18H24N4O2/c1-13-11-14(2)21-18(20-13)22-9-3-5-15(12-22)17(23)19-8-7-16-6-4-10-24-16/h4,6,10-11,15H,3,5,7-9,12H2,1-2H3,(H,19,23)/t15-/m1/s1. The second-order valence-electron chi connectivity index (χ2n) is 6.36. The van der Waals surface area contributed by atoms with E-state index >= 15 is 0 Å². The quantitative estimate of drug-likeness (QED) is 0.911. The van der Waals surface area contributed by atoms with Crippen molar-refractivity contribution in [2.45, 2.75) is 33.1 Å². The fourth-order valence-electron chi connectivity index (χ4n) is 3.13. The van der Waals surface area contributed by atoms with Crippen molar-refractivity contribution < 1.29 is 9.21 Å². The molecule has 0 unspecified atom stereocenters. The number of nitrogens with zero attached hydrogens (tertiary/aromatic N) is 3. The van der Waals surface area contributed by atoms with Gasteiger partial charge in [-0.2, -0.15) is 0 Å². The monoisotopic (exact) mass is 328 g/mol. The van der Waals surface area contributed by atoms with Gasteiger partial charge in [0.25, 0.3) is 0 Å². The smallest absolute Gasteiger partial charge is 0.225 e. The number of amides is 1. The third-order valence-corrected chi connectivity index (χ3v) is 4.30. The highest BCUT2D eigenvalue weighted by Gasteiger charge is 2.27. The lowest BCUT2D eigenvalue weighted by atomic mass is 9.97. The third kappa shape index (κ3) is 4.13. The largest absolute Gasteiger partial charge is 0.469 e. The van der Waals surface area contributed by atoms with Crippen molar-refractivity contribution in [2.75, 3.05) is 24.5 Å². The Balaban J connectivity index is 1.55. The maximum Gasteiger partial charge on any atom is 0.225 e. The molecular weight excluding hydrogens is 304 g/mol. The molecule has 1 aliphatic heterocycles. The molecule has 128 valence electrons. The average Bonchev–Trinajstić information content (AvgIpc) is 3.07. The molecule has 1 N–H and O–H groups in total. The highest BCUT2D eigenvalue weighted by atomic mass is 16.3. The fraction of sp³-hybridized carbons (Fsp3) is 0.500. The Morgan fingerprint density at radius 3 is 2.88 bits per heavy atom. The second-order valence-corrected chi connectivity index (χ2v) is 6.36. The van der Waals surface area contributed by atoms with Gasteiger partial charge in [-0.25, -0.2) is 9.97 Å².